The Labute approximate surface area is 99.8 Å². The molecule has 1 unspecified atom stereocenters. The largest absolute Gasteiger partial charge is 0.481 e. The third-order valence-corrected chi connectivity index (χ3v) is 2.71. The Hall–Kier alpha value is -1.59. The van der Waals surface area contributed by atoms with E-state index < -0.39 is 5.97 Å². The van der Waals surface area contributed by atoms with Gasteiger partial charge in [-0.3, -0.25) is 14.4 Å². The molecule has 96 valence electrons. The van der Waals surface area contributed by atoms with Crippen molar-refractivity contribution in [2.75, 3.05) is 13.1 Å². The maximum absolute atomic E-state index is 11.5. The third-order valence-electron chi connectivity index (χ3n) is 2.71. The van der Waals surface area contributed by atoms with Crippen molar-refractivity contribution in [1.29, 1.82) is 0 Å². The molecule has 0 aliphatic carbocycles. The van der Waals surface area contributed by atoms with Crippen LogP contribution in [-0.4, -0.2) is 36.0 Å². The predicted molar refractivity (Wildman–Crippen MR) is 60.2 cm³/mol. The summed E-state index contributed by atoms with van der Waals surface area (Å²) in [6.07, 6.45) is 2.63. The molecular formula is C11H18N2O4. The normalized spacial score (nSPS) is 18.8. The molecule has 1 fully saturated rings. The highest BCUT2D eigenvalue weighted by Gasteiger charge is 2.27. The molecule has 2 amide bonds. The summed E-state index contributed by atoms with van der Waals surface area (Å²) in [5, 5.41) is 13.8. The first-order valence-electron chi connectivity index (χ1n) is 5.86. The second-order valence-electron chi connectivity index (χ2n) is 4.20. The molecule has 0 aromatic heterocycles. The monoisotopic (exact) mass is 242 g/mol. The van der Waals surface area contributed by atoms with Crippen LogP contribution in [0.15, 0.2) is 0 Å². The zero-order valence-electron chi connectivity index (χ0n) is 9.70. The van der Waals surface area contributed by atoms with Crippen LogP contribution in [0.1, 0.15) is 32.1 Å². The summed E-state index contributed by atoms with van der Waals surface area (Å²) in [7, 11) is 0. The summed E-state index contributed by atoms with van der Waals surface area (Å²) in [6.45, 7) is 0.965. The first kappa shape index (κ1) is 13.5. The number of carbonyl (C=O) groups excluding carboxylic acids is 2. The molecule has 1 aliphatic rings. The van der Waals surface area contributed by atoms with Crippen molar-refractivity contribution in [3.63, 3.8) is 0 Å². The smallest absolute Gasteiger partial charge is 0.303 e. The molecule has 0 spiro atoms. The first-order chi connectivity index (χ1) is 8.09. The zero-order valence-corrected chi connectivity index (χ0v) is 9.70. The van der Waals surface area contributed by atoms with E-state index in [9.17, 15) is 14.4 Å². The molecule has 0 bridgehead atoms. The number of hydrogen-bond acceptors (Lipinski definition) is 3. The Morgan fingerprint density at radius 1 is 1.35 bits per heavy atom. The van der Waals surface area contributed by atoms with E-state index in [1.807, 2.05) is 0 Å². The van der Waals surface area contributed by atoms with E-state index in [1.165, 1.54) is 0 Å². The maximum atomic E-state index is 11.5. The quantitative estimate of drug-likeness (QED) is 0.542. The highest BCUT2D eigenvalue weighted by atomic mass is 16.4. The predicted octanol–water partition coefficient (Wildman–Crippen LogP) is -0.116. The fraction of sp³-hybridized carbons (Fsp3) is 0.727. The molecular weight excluding hydrogens is 224 g/mol. The highest BCUT2D eigenvalue weighted by Crippen LogP contribution is 2.08. The molecule has 1 saturated heterocycles. The average molecular weight is 242 g/mol. The lowest BCUT2D eigenvalue weighted by Crippen LogP contribution is -2.32. The Kier molecular flexibility index (Phi) is 5.45. The van der Waals surface area contributed by atoms with Gasteiger partial charge in [0, 0.05) is 25.9 Å². The molecule has 0 radical (unpaired) electrons. The molecule has 1 aliphatic heterocycles. The van der Waals surface area contributed by atoms with Crippen LogP contribution in [0.2, 0.25) is 0 Å². The van der Waals surface area contributed by atoms with E-state index in [0.717, 1.165) is 12.8 Å². The maximum Gasteiger partial charge on any atom is 0.303 e. The van der Waals surface area contributed by atoms with Gasteiger partial charge < -0.3 is 15.7 Å². The molecule has 1 atom stereocenters. The lowest BCUT2D eigenvalue weighted by Gasteiger charge is -2.08. The minimum absolute atomic E-state index is 0.0772. The summed E-state index contributed by atoms with van der Waals surface area (Å²) >= 11 is 0. The zero-order chi connectivity index (χ0) is 12.7. The Morgan fingerprint density at radius 3 is 2.71 bits per heavy atom. The Morgan fingerprint density at radius 2 is 2.12 bits per heavy atom. The van der Waals surface area contributed by atoms with Gasteiger partial charge in [-0.05, 0) is 12.8 Å². The van der Waals surface area contributed by atoms with E-state index in [1.54, 1.807) is 0 Å². The van der Waals surface area contributed by atoms with Gasteiger partial charge in [-0.15, -0.1) is 0 Å². The number of hydrogen-bond donors (Lipinski definition) is 3. The first-order valence-corrected chi connectivity index (χ1v) is 5.86. The van der Waals surface area contributed by atoms with Crippen LogP contribution in [0, 0.1) is 5.92 Å². The van der Waals surface area contributed by atoms with Crippen LogP contribution < -0.4 is 10.6 Å². The van der Waals surface area contributed by atoms with E-state index in [0.29, 0.717) is 19.5 Å². The van der Waals surface area contributed by atoms with Crippen molar-refractivity contribution < 1.29 is 19.5 Å². The Bertz CT molecular complexity index is 304. The summed E-state index contributed by atoms with van der Waals surface area (Å²) in [4.78, 5) is 32.7. The van der Waals surface area contributed by atoms with Crippen LogP contribution >= 0.6 is 0 Å². The summed E-state index contributed by atoms with van der Waals surface area (Å²) in [5.41, 5.74) is 0. The van der Waals surface area contributed by atoms with Gasteiger partial charge in [-0.25, -0.2) is 0 Å². The molecule has 0 aromatic carbocycles. The third kappa shape index (κ3) is 5.33. The van der Waals surface area contributed by atoms with Gasteiger partial charge in [-0.1, -0.05) is 6.42 Å². The molecule has 6 heteroatoms. The summed E-state index contributed by atoms with van der Waals surface area (Å²) < 4.78 is 0. The molecule has 0 aromatic rings. The number of aliphatic carboxylic acids is 1. The van der Waals surface area contributed by atoms with Crippen molar-refractivity contribution in [2.45, 2.75) is 32.1 Å². The van der Waals surface area contributed by atoms with Gasteiger partial charge in [0.05, 0.1) is 5.92 Å². The summed E-state index contributed by atoms with van der Waals surface area (Å²) in [5.74, 6) is -1.21. The van der Waals surface area contributed by atoms with Gasteiger partial charge in [0.25, 0.3) is 0 Å². The van der Waals surface area contributed by atoms with Crippen LogP contribution in [0.4, 0.5) is 0 Å². The number of rotatable bonds is 7. The molecule has 3 N–H and O–H groups in total. The fourth-order valence-corrected chi connectivity index (χ4v) is 1.72. The number of carboxylic acids is 1. The van der Waals surface area contributed by atoms with Gasteiger partial charge in [0.1, 0.15) is 0 Å². The number of nitrogens with one attached hydrogen (secondary N) is 2. The van der Waals surface area contributed by atoms with E-state index in [2.05, 4.69) is 10.6 Å². The standard InChI is InChI=1S/C11H18N2O4/c14-9-6-8(7-13-9)11(17)12-5-3-1-2-4-10(15)16/h8H,1-7H2,(H,12,17)(H,13,14)(H,15,16). The highest BCUT2D eigenvalue weighted by molar-refractivity contribution is 5.89. The van der Waals surface area contributed by atoms with Crippen LogP contribution in [0.25, 0.3) is 0 Å². The minimum Gasteiger partial charge on any atom is -0.481 e. The lowest BCUT2D eigenvalue weighted by molar-refractivity contribution is -0.137. The topological polar surface area (TPSA) is 95.5 Å². The van der Waals surface area contributed by atoms with E-state index >= 15 is 0 Å². The molecule has 0 saturated carbocycles. The molecule has 17 heavy (non-hydrogen) atoms. The fourth-order valence-electron chi connectivity index (χ4n) is 1.72. The van der Waals surface area contributed by atoms with E-state index in [4.69, 9.17) is 5.11 Å². The van der Waals surface area contributed by atoms with Gasteiger partial charge in [0.2, 0.25) is 11.8 Å². The van der Waals surface area contributed by atoms with Crippen molar-refractivity contribution in [3.05, 3.63) is 0 Å². The van der Waals surface area contributed by atoms with Crippen molar-refractivity contribution in [2.24, 2.45) is 5.92 Å². The number of carboxylic acid groups (broad SMARTS) is 1. The van der Waals surface area contributed by atoms with Crippen LogP contribution in [0.5, 0.6) is 0 Å². The second-order valence-corrected chi connectivity index (χ2v) is 4.20. The number of carbonyl (C=O) groups is 3. The van der Waals surface area contributed by atoms with Crippen molar-refractivity contribution >= 4 is 17.8 Å². The van der Waals surface area contributed by atoms with Gasteiger partial charge >= 0.3 is 5.97 Å². The average Bonchev–Trinajstić information content (AvgIpc) is 2.69. The number of unbranched alkanes of at least 4 members (excludes halogenated alkanes) is 2. The van der Waals surface area contributed by atoms with Crippen molar-refractivity contribution in [1.82, 2.24) is 10.6 Å². The second kappa shape index (κ2) is 6.88. The van der Waals surface area contributed by atoms with E-state index in [-0.39, 0.29) is 30.6 Å². The van der Waals surface area contributed by atoms with Crippen LogP contribution in [-0.2, 0) is 14.4 Å². The summed E-state index contributed by atoms with van der Waals surface area (Å²) in [6, 6.07) is 0. The van der Waals surface area contributed by atoms with Crippen LogP contribution in [0.3, 0.4) is 0 Å². The molecule has 6 nitrogen and oxygen atoms in total. The SMILES string of the molecule is O=C(O)CCCCCNC(=O)C1CNC(=O)C1. The molecule has 1 heterocycles. The minimum atomic E-state index is -0.787. The van der Waals surface area contributed by atoms with Crippen molar-refractivity contribution in [3.8, 4) is 0 Å². The van der Waals surface area contributed by atoms with Gasteiger partial charge in [-0.2, -0.15) is 0 Å². The molecule has 1 rings (SSSR count). The lowest BCUT2D eigenvalue weighted by atomic mass is 10.1. The number of amides is 2. The van der Waals surface area contributed by atoms with Gasteiger partial charge in [0.15, 0.2) is 0 Å². The Balaban J connectivity index is 2.01.